The highest BCUT2D eigenvalue weighted by Crippen LogP contribution is 2.14. The first-order valence-electron chi connectivity index (χ1n) is 5.25. The molecule has 1 aliphatic rings. The van der Waals surface area contributed by atoms with E-state index in [0.717, 1.165) is 0 Å². The molecule has 0 bridgehead atoms. The Morgan fingerprint density at radius 2 is 2.35 bits per heavy atom. The number of carbonyl (C=O) groups excluding carboxylic acids is 1. The minimum atomic E-state index is -0.403. The second-order valence-corrected chi connectivity index (χ2v) is 3.78. The monoisotopic (exact) mass is 234 g/mol. The molecular formula is C12H11FN2O2. The van der Waals surface area contributed by atoms with Crippen LogP contribution in [0.4, 0.5) is 4.39 Å². The Bertz CT molecular complexity index is 482. The summed E-state index contributed by atoms with van der Waals surface area (Å²) in [6.07, 6.45) is 0. The van der Waals surface area contributed by atoms with Gasteiger partial charge in [0.15, 0.2) is 0 Å². The van der Waals surface area contributed by atoms with Crippen molar-refractivity contribution in [2.75, 3.05) is 19.8 Å². The first-order valence-corrected chi connectivity index (χ1v) is 5.25. The molecule has 5 heteroatoms. The van der Waals surface area contributed by atoms with E-state index in [1.165, 1.54) is 18.2 Å². The molecule has 1 amide bonds. The van der Waals surface area contributed by atoms with E-state index < -0.39 is 5.82 Å². The van der Waals surface area contributed by atoms with E-state index in [9.17, 15) is 9.18 Å². The van der Waals surface area contributed by atoms with Gasteiger partial charge in [0.25, 0.3) is 0 Å². The Morgan fingerprint density at radius 3 is 3.06 bits per heavy atom. The normalized spacial score (nSPS) is 15.8. The molecule has 0 unspecified atom stereocenters. The first kappa shape index (κ1) is 11.6. The molecule has 0 aromatic heterocycles. The number of ether oxygens (including phenoxy) is 1. The smallest absolute Gasteiger partial charge is 0.248 e. The van der Waals surface area contributed by atoms with Crippen molar-refractivity contribution < 1.29 is 13.9 Å². The largest absolute Gasteiger partial charge is 0.370 e. The van der Waals surface area contributed by atoms with Crippen LogP contribution in [0.5, 0.6) is 0 Å². The summed E-state index contributed by atoms with van der Waals surface area (Å²) in [6.45, 7) is 1.25. The molecule has 0 radical (unpaired) electrons. The number of hydrogen-bond acceptors (Lipinski definition) is 3. The van der Waals surface area contributed by atoms with Crippen molar-refractivity contribution in [1.82, 2.24) is 4.90 Å². The third kappa shape index (κ3) is 2.60. The zero-order chi connectivity index (χ0) is 12.3. The lowest BCUT2D eigenvalue weighted by Gasteiger charge is -2.27. The van der Waals surface area contributed by atoms with Crippen molar-refractivity contribution in [1.29, 1.82) is 5.26 Å². The topological polar surface area (TPSA) is 53.3 Å². The summed E-state index contributed by atoms with van der Waals surface area (Å²) in [5.41, 5.74) is 0.924. The Balaban J connectivity index is 2.20. The summed E-state index contributed by atoms with van der Waals surface area (Å²) in [6, 6.07) is 5.95. The number of halogens is 1. The molecule has 1 aromatic rings. The van der Waals surface area contributed by atoms with Crippen molar-refractivity contribution in [3.05, 3.63) is 35.1 Å². The highest BCUT2D eigenvalue weighted by molar-refractivity contribution is 5.78. The number of nitriles is 1. The van der Waals surface area contributed by atoms with Crippen LogP contribution in [-0.4, -0.2) is 30.6 Å². The van der Waals surface area contributed by atoms with E-state index >= 15 is 0 Å². The van der Waals surface area contributed by atoms with Crippen LogP contribution in [0, 0.1) is 17.1 Å². The molecule has 0 saturated carbocycles. The molecule has 88 valence electrons. The van der Waals surface area contributed by atoms with Crippen molar-refractivity contribution >= 4 is 5.91 Å². The number of hydrogen-bond donors (Lipinski definition) is 0. The summed E-state index contributed by atoms with van der Waals surface area (Å²) in [4.78, 5) is 13.1. The van der Waals surface area contributed by atoms with Gasteiger partial charge in [-0.15, -0.1) is 0 Å². The van der Waals surface area contributed by atoms with Gasteiger partial charge in [0.2, 0.25) is 5.91 Å². The lowest BCUT2D eigenvalue weighted by Crippen LogP contribution is -2.41. The summed E-state index contributed by atoms with van der Waals surface area (Å²) in [5, 5.41) is 8.90. The third-order valence-corrected chi connectivity index (χ3v) is 2.63. The summed E-state index contributed by atoms with van der Waals surface area (Å²) in [7, 11) is 0. The maximum absolute atomic E-state index is 13.1. The molecule has 0 aliphatic carbocycles. The van der Waals surface area contributed by atoms with Crippen LogP contribution >= 0.6 is 0 Å². The van der Waals surface area contributed by atoms with Gasteiger partial charge in [-0.3, -0.25) is 4.79 Å². The molecule has 17 heavy (non-hydrogen) atoms. The van der Waals surface area contributed by atoms with Gasteiger partial charge in [-0.05, 0) is 23.8 Å². The van der Waals surface area contributed by atoms with Gasteiger partial charge < -0.3 is 9.64 Å². The van der Waals surface area contributed by atoms with Crippen LogP contribution in [0.15, 0.2) is 18.2 Å². The lowest BCUT2D eigenvalue weighted by atomic mass is 10.1. The Hall–Kier alpha value is -1.93. The number of amides is 1. The minimum Gasteiger partial charge on any atom is -0.370 e. The fourth-order valence-electron chi connectivity index (χ4n) is 1.73. The van der Waals surface area contributed by atoms with Crippen LogP contribution in [-0.2, 0) is 16.1 Å². The Morgan fingerprint density at radius 1 is 1.53 bits per heavy atom. The van der Waals surface area contributed by atoms with E-state index in [4.69, 9.17) is 10.00 Å². The van der Waals surface area contributed by atoms with E-state index in [1.807, 2.05) is 6.07 Å². The van der Waals surface area contributed by atoms with E-state index in [0.29, 0.717) is 24.3 Å². The van der Waals surface area contributed by atoms with Crippen LogP contribution in [0.2, 0.25) is 0 Å². The molecule has 1 saturated heterocycles. The third-order valence-electron chi connectivity index (χ3n) is 2.63. The zero-order valence-electron chi connectivity index (χ0n) is 9.15. The molecule has 2 rings (SSSR count). The van der Waals surface area contributed by atoms with E-state index in [2.05, 4.69) is 0 Å². The van der Waals surface area contributed by atoms with E-state index in [1.54, 1.807) is 4.90 Å². The van der Waals surface area contributed by atoms with E-state index in [-0.39, 0.29) is 19.1 Å². The Kier molecular flexibility index (Phi) is 3.35. The molecular weight excluding hydrogens is 223 g/mol. The van der Waals surface area contributed by atoms with Crippen molar-refractivity contribution in [2.24, 2.45) is 0 Å². The van der Waals surface area contributed by atoms with Crippen molar-refractivity contribution in [2.45, 2.75) is 6.54 Å². The molecule has 4 nitrogen and oxygen atoms in total. The van der Waals surface area contributed by atoms with Gasteiger partial charge in [-0.2, -0.15) is 5.26 Å². The van der Waals surface area contributed by atoms with Crippen LogP contribution in [0.25, 0.3) is 0 Å². The average Bonchev–Trinajstić information content (AvgIpc) is 2.32. The fraction of sp³-hybridized carbons (Fsp3) is 0.333. The molecule has 0 N–H and O–H groups in total. The molecule has 1 heterocycles. The first-order chi connectivity index (χ1) is 8.20. The molecule has 1 aromatic carbocycles. The number of benzene rings is 1. The highest BCUT2D eigenvalue weighted by atomic mass is 19.1. The van der Waals surface area contributed by atoms with Gasteiger partial charge >= 0.3 is 0 Å². The predicted molar refractivity (Wildman–Crippen MR) is 57.4 cm³/mol. The molecule has 0 atom stereocenters. The quantitative estimate of drug-likeness (QED) is 0.768. The summed E-state index contributed by atoms with van der Waals surface area (Å²) < 4.78 is 18.1. The number of carbonyl (C=O) groups is 1. The number of morpholine rings is 1. The number of rotatable bonds is 2. The van der Waals surface area contributed by atoms with Gasteiger partial charge in [-0.1, -0.05) is 0 Å². The predicted octanol–water partition coefficient (Wildman–Crippen LogP) is 1.06. The van der Waals surface area contributed by atoms with Crippen molar-refractivity contribution in [3.8, 4) is 6.07 Å². The highest BCUT2D eigenvalue weighted by Gasteiger charge is 2.19. The van der Waals surface area contributed by atoms with Crippen molar-refractivity contribution in [3.63, 3.8) is 0 Å². The SMILES string of the molecule is N#Cc1ccc(F)cc1CN1CCOCC1=O. The summed E-state index contributed by atoms with van der Waals surface area (Å²) in [5.74, 6) is -0.538. The fourth-order valence-corrected chi connectivity index (χ4v) is 1.73. The standard InChI is InChI=1S/C12H11FN2O2/c13-11-2-1-9(6-14)10(5-11)7-15-3-4-17-8-12(15)16/h1-2,5H,3-4,7-8H2. The molecule has 1 aliphatic heterocycles. The second kappa shape index (κ2) is 4.93. The zero-order valence-corrected chi connectivity index (χ0v) is 9.15. The maximum atomic E-state index is 13.1. The van der Waals surface area contributed by atoms with Gasteiger partial charge in [-0.25, -0.2) is 4.39 Å². The number of nitrogens with zero attached hydrogens (tertiary/aromatic N) is 2. The lowest BCUT2D eigenvalue weighted by molar-refractivity contribution is -0.143. The molecule has 0 spiro atoms. The van der Waals surface area contributed by atoms with Gasteiger partial charge in [0, 0.05) is 13.1 Å². The molecule has 1 fully saturated rings. The average molecular weight is 234 g/mol. The van der Waals surface area contributed by atoms with Gasteiger partial charge in [0.05, 0.1) is 18.2 Å². The second-order valence-electron chi connectivity index (χ2n) is 3.78. The maximum Gasteiger partial charge on any atom is 0.248 e. The van der Waals surface area contributed by atoms with Crippen LogP contribution in [0.1, 0.15) is 11.1 Å². The Labute approximate surface area is 98.2 Å². The minimum absolute atomic E-state index is 0.0528. The van der Waals surface area contributed by atoms with Gasteiger partial charge in [0.1, 0.15) is 12.4 Å². The summed E-state index contributed by atoms with van der Waals surface area (Å²) >= 11 is 0. The van der Waals surface area contributed by atoms with Crippen LogP contribution in [0.3, 0.4) is 0 Å². The van der Waals surface area contributed by atoms with Crippen LogP contribution < -0.4 is 0 Å².